The van der Waals surface area contributed by atoms with Gasteiger partial charge in [-0.3, -0.25) is 9.78 Å². The molecular weight excluding hydrogens is 178 g/mol. The molecule has 0 spiro atoms. The molecule has 70 valence electrons. The lowest BCUT2D eigenvalue weighted by atomic mass is 10.2. The molecule has 2 aromatic rings. The van der Waals surface area contributed by atoms with Crippen molar-refractivity contribution >= 4 is 0 Å². The van der Waals surface area contributed by atoms with Gasteiger partial charge in [0.05, 0.1) is 0 Å². The first-order valence-corrected chi connectivity index (χ1v) is 4.24. The number of nitrogens with zero attached hydrogens (tertiary/aromatic N) is 2. The lowest BCUT2D eigenvalue weighted by Gasteiger charge is -1.98. The van der Waals surface area contributed by atoms with Crippen LogP contribution >= 0.6 is 0 Å². The van der Waals surface area contributed by atoms with E-state index < -0.39 is 0 Å². The van der Waals surface area contributed by atoms with Crippen LogP contribution < -0.4 is 5.56 Å². The Labute approximate surface area is 80.7 Å². The van der Waals surface area contributed by atoms with E-state index in [0.29, 0.717) is 5.69 Å². The van der Waals surface area contributed by atoms with Crippen LogP contribution in [0.5, 0.6) is 0 Å². The first kappa shape index (κ1) is 8.62. The van der Waals surface area contributed by atoms with E-state index in [0.717, 1.165) is 11.3 Å². The number of hydrogen-bond donors (Lipinski definition) is 1. The van der Waals surface area contributed by atoms with Crippen molar-refractivity contribution in [1.29, 1.82) is 0 Å². The summed E-state index contributed by atoms with van der Waals surface area (Å²) in [5.74, 6) is 0. The molecule has 0 aliphatic carbocycles. The molecule has 0 aliphatic heterocycles. The Balaban J connectivity index is 2.59. The molecule has 2 aromatic heterocycles. The third-order valence-corrected chi connectivity index (χ3v) is 1.87. The van der Waals surface area contributed by atoms with E-state index in [-0.39, 0.29) is 5.56 Å². The fourth-order valence-electron chi connectivity index (χ4n) is 1.21. The predicted octanol–water partition coefficient (Wildman–Crippen LogP) is 1.14. The molecule has 2 heterocycles. The van der Waals surface area contributed by atoms with Gasteiger partial charge in [0.2, 0.25) is 0 Å². The second-order valence-electron chi connectivity index (χ2n) is 2.98. The number of pyridine rings is 1. The summed E-state index contributed by atoms with van der Waals surface area (Å²) in [7, 11) is 0. The highest BCUT2D eigenvalue weighted by atomic mass is 16.1. The van der Waals surface area contributed by atoms with Gasteiger partial charge in [-0.05, 0) is 19.1 Å². The van der Waals surface area contributed by atoms with E-state index >= 15 is 0 Å². The zero-order valence-electron chi connectivity index (χ0n) is 7.69. The average Bonchev–Trinajstić information content (AvgIpc) is 2.19. The number of aromatic amines is 1. The van der Waals surface area contributed by atoms with E-state index in [4.69, 9.17) is 0 Å². The summed E-state index contributed by atoms with van der Waals surface area (Å²) in [5.41, 5.74) is 1.79. The Morgan fingerprint density at radius 3 is 2.64 bits per heavy atom. The van der Waals surface area contributed by atoms with Crippen LogP contribution in [0.25, 0.3) is 11.3 Å². The summed E-state index contributed by atoms with van der Waals surface area (Å²) in [6.45, 7) is 1.80. The normalized spacial score (nSPS) is 10.1. The monoisotopic (exact) mass is 187 g/mol. The molecule has 0 unspecified atom stereocenters. The molecule has 4 nitrogen and oxygen atoms in total. The van der Waals surface area contributed by atoms with Crippen LogP contribution in [0.4, 0.5) is 0 Å². The summed E-state index contributed by atoms with van der Waals surface area (Å²) < 4.78 is 0. The zero-order valence-corrected chi connectivity index (χ0v) is 7.69. The molecule has 0 aromatic carbocycles. The van der Waals surface area contributed by atoms with Gasteiger partial charge in [0.25, 0.3) is 5.56 Å². The van der Waals surface area contributed by atoms with Gasteiger partial charge in [-0.2, -0.15) is 0 Å². The molecule has 0 saturated heterocycles. The average molecular weight is 187 g/mol. The summed E-state index contributed by atoms with van der Waals surface area (Å²) in [6.07, 6.45) is 4.91. The maximum atomic E-state index is 11.5. The SMILES string of the molecule is Cc1cnc(-c2ccncc2)c(=O)[nH]1. The molecule has 0 aliphatic rings. The molecule has 14 heavy (non-hydrogen) atoms. The van der Waals surface area contributed by atoms with Crippen LogP contribution in [0.1, 0.15) is 5.69 Å². The number of H-pyrrole nitrogens is 1. The highest BCUT2D eigenvalue weighted by molar-refractivity contribution is 5.56. The predicted molar refractivity (Wildman–Crippen MR) is 52.8 cm³/mol. The summed E-state index contributed by atoms with van der Waals surface area (Å²) in [5, 5.41) is 0. The minimum Gasteiger partial charge on any atom is -0.323 e. The molecule has 0 amide bonds. The molecule has 4 heteroatoms. The molecule has 0 bridgehead atoms. The number of rotatable bonds is 1. The third-order valence-electron chi connectivity index (χ3n) is 1.87. The lowest BCUT2D eigenvalue weighted by molar-refractivity contribution is 1.07. The smallest absolute Gasteiger partial charge is 0.274 e. The van der Waals surface area contributed by atoms with Gasteiger partial charge < -0.3 is 4.98 Å². The van der Waals surface area contributed by atoms with Crippen LogP contribution in [0.3, 0.4) is 0 Å². The number of nitrogens with one attached hydrogen (secondary N) is 1. The Morgan fingerprint density at radius 1 is 1.29 bits per heavy atom. The van der Waals surface area contributed by atoms with Crippen LogP contribution in [-0.2, 0) is 0 Å². The molecule has 2 rings (SSSR count). The van der Waals surface area contributed by atoms with Crippen molar-refractivity contribution in [1.82, 2.24) is 15.0 Å². The van der Waals surface area contributed by atoms with E-state index in [1.165, 1.54) is 0 Å². The van der Waals surface area contributed by atoms with Crippen molar-refractivity contribution in [3.05, 3.63) is 46.8 Å². The highest BCUT2D eigenvalue weighted by Gasteiger charge is 2.03. The fourth-order valence-corrected chi connectivity index (χ4v) is 1.21. The Morgan fingerprint density at radius 2 is 2.00 bits per heavy atom. The molecule has 0 saturated carbocycles. The summed E-state index contributed by atoms with van der Waals surface area (Å²) >= 11 is 0. The first-order valence-electron chi connectivity index (χ1n) is 4.24. The topological polar surface area (TPSA) is 58.6 Å². The Kier molecular flexibility index (Phi) is 2.10. The second kappa shape index (κ2) is 3.41. The van der Waals surface area contributed by atoms with E-state index in [2.05, 4.69) is 15.0 Å². The molecule has 1 N–H and O–H groups in total. The van der Waals surface area contributed by atoms with Crippen LogP contribution in [-0.4, -0.2) is 15.0 Å². The van der Waals surface area contributed by atoms with Crippen LogP contribution in [0, 0.1) is 6.92 Å². The minimum atomic E-state index is -0.170. The summed E-state index contributed by atoms with van der Waals surface area (Å²) in [4.78, 5) is 22.2. The number of aromatic nitrogens is 3. The van der Waals surface area contributed by atoms with Crippen molar-refractivity contribution < 1.29 is 0 Å². The van der Waals surface area contributed by atoms with Crippen molar-refractivity contribution in [2.45, 2.75) is 6.92 Å². The number of aryl methyl sites for hydroxylation is 1. The van der Waals surface area contributed by atoms with E-state index in [1.54, 1.807) is 37.6 Å². The third kappa shape index (κ3) is 1.54. The van der Waals surface area contributed by atoms with Crippen molar-refractivity contribution in [3.63, 3.8) is 0 Å². The molecule has 0 fully saturated rings. The fraction of sp³-hybridized carbons (Fsp3) is 0.100. The van der Waals surface area contributed by atoms with Gasteiger partial charge in [0, 0.05) is 29.8 Å². The quantitative estimate of drug-likeness (QED) is 0.728. The zero-order chi connectivity index (χ0) is 9.97. The van der Waals surface area contributed by atoms with Gasteiger partial charge in [-0.25, -0.2) is 4.98 Å². The van der Waals surface area contributed by atoms with E-state index in [9.17, 15) is 4.79 Å². The first-order chi connectivity index (χ1) is 6.77. The molecule has 0 atom stereocenters. The van der Waals surface area contributed by atoms with Gasteiger partial charge in [-0.1, -0.05) is 0 Å². The van der Waals surface area contributed by atoms with Crippen molar-refractivity contribution in [3.8, 4) is 11.3 Å². The molecule has 0 radical (unpaired) electrons. The largest absolute Gasteiger partial charge is 0.323 e. The Bertz CT molecular complexity index is 490. The Hall–Kier alpha value is -1.97. The lowest BCUT2D eigenvalue weighted by Crippen LogP contribution is -2.11. The highest BCUT2D eigenvalue weighted by Crippen LogP contribution is 2.09. The molecular formula is C10H9N3O. The van der Waals surface area contributed by atoms with Crippen molar-refractivity contribution in [2.24, 2.45) is 0 Å². The van der Waals surface area contributed by atoms with Crippen molar-refractivity contribution in [2.75, 3.05) is 0 Å². The standard InChI is InChI=1S/C10H9N3O/c1-7-6-12-9(10(14)13-7)8-2-4-11-5-3-8/h2-6H,1H3,(H,13,14). The summed E-state index contributed by atoms with van der Waals surface area (Å²) in [6, 6.07) is 3.51. The minimum absolute atomic E-state index is 0.170. The van der Waals surface area contributed by atoms with Gasteiger partial charge >= 0.3 is 0 Å². The maximum absolute atomic E-state index is 11.5. The van der Waals surface area contributed by atoms with Gasteiger partial charge in [0.1, 0.15) is 5.69 Å². The van der Waals surface area contributed by atoms with Gasteiger partial charge in [-0.15, -0.1) is 0 Å². The maximum Gasteiger partial charge on any atom is 0.274 e. The van der Waals surface area contributed by atoms with Crippen LogP contribution in [0.15, 0.2) is 35.5 Å². The van der Waals surface area contributed by atoms with E-state index in [1.807, 2.05) is 0 Å². The van der Waals surface area contributed by atoms with Gasteiger partial charge in [0.15, 0.2) is 0 Å². The van der Waals surface area contributed by atoms with Crippen LogP contribution in [0.2, 0.25) is 0 Å². The number of hydrogen-bond acceptors (Lipinski definition) is 3. The second-order valence-corrected chi connectivity index (χ2v) is 2.98.